The molecule has 2 aromatic rings. The number of nitrogens with one attached hydrogen (secondary N) is 1. The molecule has 0 aliphatic carbocycles. The number of aryl methyl sites for hydroxylation is 1. The number of esters is 1. The van der Waals surface area contributed by atoms with E-state index in [4.69, 9.17) is 19.7 Å². The molecule has 1 aliphatic heterocycles. The number of rotatable bonds is 16. The van der Waals surface area contributed by atoms with Crippen LogP contribution >= 0.6 is 0 Å². The molecule has 1 N–H and O–H groups in total. The van der Waals surface area contributed by atoms with Crippen LogP contribution in [0.1, 0.15) is 76.0 Å². The first-order valence-corrected chi connectivity index (χ1v) is 13.3. The number of carbonyl (C=O) groups is 1. The second-order valence-electron chi connectivity index (χ2n) is 9.54. The number of aromatic nitrogens is 2. The maximum Gasteiger partial charge on any atom is 0.330 e. The van der Waals surface area contributed by atoms with Gasteiger partial charge in [0.1, 0.15) is 24.7 Å². The summed E-state index contributed by atoms with van der Waals surface area (Å²) in [6, 6.07) is 9.25. The number of para-hydroxylation sites is 1. The fraction of sp³-hybridized carbons (Fsp3) is 0.593. The van der Waals surface area contributed by atoms with E-state index in [1.807, 2.05) is 30.3 Å². The van der Waals surface area contributed by atoms with Gasteiger partial charge in [0, 0.05) is 29.5 Å². The number of carbonyl (C=O) groups excluding carboxylic acids is 1. The topological polar surface area (TPSA) is 148 Å². The van der Waals surface area contributed by atoms with Gasteiger partial charge in [0.15, 0.2) is 0 Å². The second-order valence-corrected chi connectivity index (χ2v) is 9.54. The Labute approximate surface area is 221 Å². The summed E-state index contributed by atoms with van der Waals surface area (Å²) in [6.45, 7) is 2.26. The number of H-pyrrole nitrogens is 1. The maximum atomic E-state index is 12.2. The van der Waals surface area contributed by atoms with Crippen molar-refractivity contribution in [3.8, 4) is 5.75 Å². The van der Waals surface area contributed by atoms with Crippen molar-refractivity contribution >= 4 is 5.97 Å². The molecule has 0 bridgehead atoms. The number of azide groups is 1. The predicted molar refractivity (Wildman–Crippen MR) is 142 cm³/mol. The van der Waals surface area contributed by atoms with Crippen LogP contribution in [0.4, 0.5) is 0 Å². The van der Waals surface area contributed by atoms with Crippen molar-refractivity contribution in [2.75, 3.05) is 13.2 Å². The van der Waals surface area contributed by atoms with Crippen molar-refractivity contribution in [3.05, 3.63) is 73.4 Å². The molecule has 0 saturated carbocycles. The molecule has 0 amide bonds. The lowest BCUT2D eigenvalue weighted by Gasteiger charge is -2.17. The van der Waals surface area contributed by atoms with Crippen LogP contribution in [0.3, 0.4) is 0 Å². The van der Waals surface area contributed by atoms with Crippen molar-refractivity contribution in [1.29, 1.82) is 0 Å². The Balaban J connectivity index is 1.25. The maximum absolute atomic E-state index is 12.2. The minimum absolute atomic E-state index is 0.0654. The lowest BCUT2D eigenvalue weighted by molar-refractivity contribution is -0.148. The lowest BCUT2D eigenvalue weighted by Crippen LogP contribution is -2.33. The van der Waals surface area contributed by atoms with Crippen molar-refractivity contribution in [1.82, 2.24) is 9.55 Å². The van der Waals surface area contributed by atoms with Crippen molar-refractivity contribution in [3.63, 3.8) is 0 Å². The third-order valence-corrected chi connectivity index (χ3v) is 6.56. The standard InChI is InChI=1S/C27H37N5O6/c1-20-18-32(27(35)29-26(20)34)24-17-22(30-31-28)23(38-24)19-37-25(33)15-11-6-4-2-3-5-7-12-16-36-21-13-9-8-10-14-21/h8-10,13-14,18,22-24H,2-7,11-12,15-17,19H2,1H3,(H,29,34,35)/t22-,23+,24+/m0/s1. The number of benzene rings is 1. The highest BCUT2D eigenvalue weighted by molar-refractivity contribution is 5.69. The quantitative estimate of drug-likeness (QED) is 0.107. The first-order valence-electron chi connectivity index (χ1n) is 13.3. The van der Waals surface area contributed by atoms with Crippen LogP contribution in [0.5, 0.6) is 5.75 Å². The van der Waals surface area contributed by atoms with E-state index in [9.17, 15) is 14.4 Å². The van der Waals surface area contributed by atoms with Crippen LogP contribution in [0, 0.1) is 6.92 Å². The van der Waals surface area contributed by atoms with Crippen molar-refractivity contribution in [2.24, 2.45) is 5.11 Å². The van der Waals surface area contributed by atoms with Gasteiger partial charge in [-0.15, -0.1) is 0 Å². The number of aromatic amines is 1. The fourth-order valence-corrected chi connectivity index (χ4v) is 4.41. The minimum atomic E-state index is -0.728. The van der Waals surface area contributed by atoms with E-state index in [0.29, 0.717) is 12.0 Å². The van der Waals surface area contributed by atoms with E-state index in [0.717, 1.165) is 50.9 Å². The highest BCUT2D eigenvalue weighted by Crippen LogP contribution is 2.30. The average Bonchev–Trinajstić information content (AvgIpc) is 3.31. The molecule has 3 atom stereocenters. The predicted octanol–water partition coefficient (Wildman–Crippen LogP) is 4.94. The van der Waals surface area contributed by atoms with Gasteiger partial charge in [0.05, 0.1) is 12.6 Å². The molecule has 11 nitrogen and oxygen atoms in total. The summed E-state index contributed by atoms with van der Waals surface area (Å²) in [7, 11) is 0. The molecule has 38 heavy (non-hydrogen) atoms. The third-order valence-electron chi connectivity index (χ3n) is 6.56. The molecular formula is C27H37N5O6. The summed E-state index contributed by atoms with van der Waals surface area (Å²) in [6.07, 6.45) is 9.05. The second kappa shape index (κ2) is 15.6. The summed E-state index contributed by atoms with van der Waals surface area (Å²) in [5.41, 5.74) is 8.17. The van der Waals surface area contributed by atoms with Crippen LogP contribution in [0.15, 0.2) is 51.2 Å². The molecule has 206 valence electrons. The van der Waals surface area contributed by atoms with Gasteiger partial charge in [-0.25, -0.2) is 4.79 Å². The number of hydrogen-bond acceptors (Lipinski definition) is 7. The van der Waals surface area contributed by atoms with Crippen LogP contribution in [-0.4, -0.2) is 40.9 Å². The number of unbranched alkanes of at least 4 members (excludes halogenated alkanes) is 7. The van der Waals surface area contributed by atoms with Gasteiger partial charge in [0.25, 0.3) is 5.56 Å². The highest BCUT2D eigenvalue weighted by atomic mass is 16.6. The monoisotopic (exact) mass is 527 g/mol. The number of ether oxygens (including phenoxy) is 3. The average molecular weight is 528 g/mol. The lowest BCUT2D eigenvalue weighted by atomic mass is 10.1. The van der Waals surface area contributed by atoms with Crippen molar-refractivity contribution in [2.45, 2.75) is 89.5 Å². The van der Waals surface area contributed by atoms with Gasteiger partial charge in [-0.05, 0) is 37.4 Å². The van der Waals surface area contributed by atoms with Gasteiger partial charge in [-0.2, -0.15) is 0 Å². The molecule has 1 aromatic carbocycles. The van der Waals surface area contributed by atoms with Gasteiger partial charge in [0.2, 0.25) is 0 Å². The Morgan fingerprint density at radius 1 is 1.11 bits per heavy atom. The smallest absolute Gasteiger partial charge is 0.330 e. The summed E-state index contributed by atoms with van der Waals surface area (Å²) in [5, 5.41) is 3.74. The zero-order valence-corrected chi connectivity index (χ0v) is 21.9. The first kappa shape index (κ1) is 29.0. The molecule has 11 heteroatoms. The van der Waals surface area contributed by atoms with Gasteiger partial charge < -0.3 is 14.2 Å². The molecular weight excluding hydrogens is 490 g/mol. The Kier molecular flexibility index (Phi) is 11.9. The molecule has 1 fully saturated rings. The Morgan fingerprint density at radius 2 is 1.79 bits per heavy atom. The minimum Gasteiger partial charge on any atom is -0.494 e. The largest absolute Gasteiger partial charge is 0.494 e. The molecule has 0 radical (unpaired) electrons. The van der Waals surface area contributed by atoms with Crippen LogP contribution in [0.2, 0.25) is 0 Å². The summed E-state index contributed by atoms with van der Waals surface area (Å²) in [5.74, 6) is 0.589. The molecule has 3 rings (SSSR count). The van der Waals surface area contributed by atoms with Crippen LogP contribution in [0.25, 0.3) is 10.4 Å². The molecule has 0 spiro atoms. The highest BCUT2D eigenvalue weighted by Gasteiger charge is 2.37. The molecule has 0 unspecified atom stereocenters. The summed E-state index contributed by atoms with van der Waals surface area (Å²) < 4.78 is 18.2. The normalized spacial score (nSPS) is 18.6. The number of nitrogens with zero attached hydrogens (tertiary/aromatic N) is 4. The van der Waals surface area contributed by atoms with Gasteiger partial charge in [-0.3, -0.25) is 19.1 Å². The van der Waals surface area contributed by atoms with E-state index in [2.05, 4.69) is 15.0 Å². The van der Waals surface area contributed by atoms with E-state index in [-0.39, 0.29) is 19.0 Å². The zero-order valence-electron chi connectivity index (χ0n) is 21.9. The van der Waals surface area contributed by atoms with Crippen LogP contribution < -0.4 is 16.0 Å². The first-order chi connectivity index (χ1) is 18.5. The molecule has 1 aliphatic rings. The Morgan fingerprint density at radius 3 is 2.50 bits per heavy atom. The third kappa shape index (κ3) is 9.39. The van der Waals surface area contributed by atoms with Crippen LogP contribution in [-0.2, 0) is 14.3 Å². The molecule has 1 saturated heterocycles. The number of hydrogen-bond donors (Lipinski definition) is 1. The van der Waals surface area contributed by atoms with E-state index in [1.54, 1.807) is 6.92 Å². The molecule has 1 aromatic heterocycles. The summed E-state index contributed by atoms with van der Waals surface area (Å²) in [4.78, 5) is 41.1. The molecule has 2 heterocycles. The zero-order chi connectivity index (χ0) is 27.2. The Hall–Kier alpha value is -3.56. The van der Waals surface area contributed by atoms with E-state index >= 15 is 0 Å². The van der Waals surface area contributed by atoms with Gasteiger partial charge >= 0.3 is 11.7 Å². The van der Waals surface area contributed by atoms with E-state index < -0.39 is 29.6 Å². The van der Waals surface area contributed by atoms with E-state index in [1.165, 1.54) is 23.6 Å². The SMILES string of the molecule is Cc1cn([C@H]2C[C@H](N=[N+]=[N-])[C@@H](COC(=O)CCCCCCCCCCOc3ccccc3)O2)c(=O)[nH]c1=O. The Bertz CT molecular complexity index is 1170. The summed E-state index contributed by atoms with van der Waals surface area (Å²) >= 11 is 0. The van der Waals surface area contributed by atoms with Gasteiger partial charge in [-0.1, -0.05) is 61.8 Å². The fourth-order valence-electron chi connectivity index (χ4n) is 4.41. The van der Waals surface area contributed by atoms with Crippen molar-refractivity contribution < 1.29 is 19.0 Å².